The Morgan fingerprint density at radius 1 is 0.867 bits per heavy atom. The average molecular weight is 397 g/mol. The Bertz CT molecular complexity index is 1100. The third-order valence-electron chi connectivity index (χ3n) is 5.33. The molecule has 3 heteroatoms. The highest BCUT2D eigenvalue weighted by Crippen LogP contribution is 2.21. The molecule has 3 nitrogen and oxygen atoms in total. The number of aryl methyl sites for hydroxylation is 3. The lowest BCUT2D eigenvalue weighted by Crippen LogP contribution is -2.09. The first-order valence-electron chi connectivity index (χ1n) is 10.6. The van der Waals surface area contributed by atoms with Crippen LogP contribution in [0.25, 0.3) is 11.0 Å². The molecule has 0 aliphatic carbocycles. The average Bonchev–Trinajstić information content (AvgIpc) is 3.15. The van der Waals surface area contributed by atoms with Gasteiger partial charge >= 0.3 is 0 Å². The Kier molecular flexibility index (Phi) is 6.61. The molecule has 1 heterocycles. The summed E-state index contributed by atoms with van der Waals surface area (Å²) in [6.07, 6.45) is 5.60. The maximum Gasteiger partial charge on any atom is 0.122 e. The molecule has 0 N–H and O–H groups in total. The number of hydrogen-bond acceptors (Lipinski definition) is 2. The molecule has 1 aromatic heterocycles. The van der Waals surface area contributed by atoms with Crippen molar-refractivity contribution >= 4 is 11.0 Å². The zero-order valence-electron chi connectivity index (χ0n) is 17.3. The summed E-state index contributed by atoms with van der Waals surface area (Å²) >= 11 is 0. The number of ether oxygens (including phenoxy) is 1. The van der Waals surface area contributed by atoms with Crippen LogP contribution >= 0.6 is 0 Å². The summed E-state index contributed by atoms with van der Waals surface area (Å²) in [5.74, 6) is 2.10. The molecule has 0 radical (unpaired) electrons. The van der Waals surface area contributed by atoms with E-state index in [2.05, 4.69) is 71.8 Å². The predicted molar refractivity (Wildman–Crippen MR) is 124 cm³/mol. The molecule has 0 amide bonds. The predicted octanol–water partition coefficient (Wildman–Crippen LogP) is 6.02. The van der Waals surface area contributed by atoms with Gasteiger partial charge in [-0.15, -0.1) is 6.58 Å². The van der Waals surface area contributed by atoms with Gasteiger partial charge in [-0.2, -0.15) is 0 Å². The summed E-state index contributed by atoms with van der Waals surface area (Å²) in [6.45, 7) is 5.42. The van der Waals surface area contributed by atoms with E-state index >= 15 is 0 Å². The van der Waals surface area contributed by atoms with Gasteiger partial charge in [-0.1, -0.05) is 66.7 Å². The molecule has 0 unspecified atom stereocenters. The molecule has 0 bridgehead atoms. The smallest absolute Gasteiger partial charge is 0.122 e. The van der Waals surface area contributed by atoms with E-state index in [1.165, 1.54) is 16.6 Å². The normalized spacial score (nSPS) is 10.9. The standard InChI is InChI=1S/C27H28N2O/c1-2-11-23-14-6-9-17-26(23)30-21-10-20-29-25-16-8-7-15-24(25)28-27(29)19-18-22-12-4-3-5-13-22/h2-9,12-17H,1,10-11,18-21H2. The molecule has 30 heavy (non-hydrogen) atoms. The van der Waals surface area contributed by atoms with Gasteiger partial charge in [0.2, 0.25) is 0 Å². The van der Waals surface area contributed by atoms with E-state index in [9.17, 15) is 0 Å². The summed E-state index contributed by atoms with van der Waals surface area (Å²) < 4.78 is 8.45. The molecule has 0 spiro atoms. The number of allylic oxidation sites excluding steroid dienone is 1. The number of aromatic nitrogens is 2. The van der Waals surface area contributed by atoms with E-state index in [1.807, 2.05) is 24.3 Å². The van der Waals surface area contributed by atoms with Crippen LogP contribution in [0.15, 0.2) is 91.5 Å². The molecule has 0 atom stereocenters. The molecular formula is C27H28N2O. The van der Waals surface area contributed by atoms with Crippen LogP contribution in [0.4, 0.5) is 0 Å². The first kappa shape index (κ1) is 20.0. The Balaban J connectivity index is 1.43. The summed E-state index contributed by atoms with van der Waals surface area (Å²) in [6, 6.07) is 27.2. The first-order valence-corrected chi connectivity index (χ1v) is 10.6. The van der Waals surface area contributed by atoms with Crippen molar-refractivity contribution in [2.45, 2.75) is 32.2 Å². The number of benzene rings is 3. The molecule has 0 aliphatic rings. The summed E-state index contributed by atoms with van der Waals surface area (Å²) in [4.78, 5) is 4.91. The summed E-state index contributed by atoms with van der Waals surface area (Å²) in [5, 5.41) is 0. The largest absolute Gasteiger partial charge is 0.493 e. The van der Waals surface area contributed by atoms with Gasteiger partial charge in [0, 0.05) is 13.0 Å². The van der Waals surface area contributed by atoms with Crippen molar-refractivity contribution < 1.29 is 4.74 Å². The lowest BCUT2D eigenvalue weighted by Gasteiger charge is -2.12. The monoisotopic (exact) mass is 396 g/mol. The minimum absolute atomic E-state index is 0.679. The molecule has 4 rings (SSSR count). The number of fused-ring (bicyclic) bond motifs is 1. The Labute approximate surface area is 178 Å². The second kappa shape index (κ2) is 9.93. The van der Waals surface area contributed by atoms with E-state index in [-0.39, 0.29) is 0 Å². The zero-order chi connectivity index (χ0) is 20.6. The van der Waals surface area contributed by atoms with E-state index < -0.39 is 0 Å². The number of nitrogens with zero attached hydrogens (tertiary/aromatic N) is 2. The number of hydrogen-bond donors (Lipinski definition) is 0. The number of rotatable bonds is 10. The van der Waals surface area contributed by atoms with Crippen LogP contribution in [0.5, 0.6) is 5.75 Å². The second-order valence-corrected chi connectivity index (χ2v) is 7.46. The van der Waals surface area contributed by atoms with Crippen molar-refractivity contribution in [2.75, 3.05) is 6.61 Å². The Morgan fingerprint density at radius 2 is 1.63 bits per heavy atom. The molecule has 4 aromatic rings. The highest BCUT2D eigenvalue weighted by atomic mass is 16.5. The molecule has 0 aliphatic heterocycles. The third kappa shape index (κ3) is 4.80. The minimum atomic E-state index is 0.679. The molecule has 0 saturated heterocycles. The third-order valence-corrected chi connectivity index (χ3v) is 5.33. The molecule has 3 aromatic carbocycles. The van der Waals surface area contributed by atoms with Crippen molar-refractivity contribution in [3.05, 3.63) is 108 Å². The number of para-hydroxylation sites is 3. The topological polar surface area (TPSA) is 27.1 Å². The van der Waals surface area contributed by atoms with Crippen LogP contribution in [-0.2, 0) is 25.8 Å². The molecule has 152 valence electrons. The summed E-state index contributed by atoms with van der Waals surface area (Å²) in [7, 11) is 0. The van der Waals surface area contributed by atoms with Crippen LogP contribution in [0.3, 0.4) is 0 Å². The van der Waals surface area contributed by atoms with Gasteiger partial charge in [-0.3, -0.25) is 0 Å². The lowest BCUT2D eigenvalue weighted by molar-refractivity contribution is 0.299. The van der Waals surface area contributed by atoms with Gasteiger partial charge in [0.25, 0.3) is 0 Å². The van der Waals surface area contributed by atoms with Crippen molar-refractivity contribution in [2.24, 2.45) is 0 Å². The molecule has 0 fully saturated rings. The minimum Gasteiger partial charge on any atom is -0.493 e. The quantitative estimate of drug-likeness (QED) is 0.242. The lowest BCUT2D eigenvalue weighted by atomic mass is 10.1. The van der Waals surface area contributed by atoms with Crippen LogP contribution in [0, 0.1) is 0 Å². The van der Waals surface area contributed by atoms with E-state index in [0.717, 1.165) is 49.3 Å². The summed E-state index contributed by atoms with van der Waals surface area (Å²) in [5.41, 5.74) is 4.80. The Hall–Kier alpha value is -3.33. The SMILES string of the molecule is C=CCc1ccccc1OCCCn1c(CCc2ccccc2)nc2ccccc21. The fourth-order valence-corrected chi connectivity index (χ4v) is 3.84. The zero-order valence-corrected chi connectivity index (χ0v) is 17.3. The van der Waals surface area contributed by atoms with Crippen LogP contribution in [-0.4, -0.2) is 16.2 Å². The maximum absolute atomic E-state index is 6.09. The van der Waals surface area contributed by atoms with Gasteiger partial charge in [0.05, 0.1) is 17.6 Å². The van der Waals surface area contributed by atoms with E-state index in [0.29, 0.717) is 6.61 Å². The first-order chi connectivity index (χ1) is 14.8. The highest BCUT2D eigenvalue weighted by Gasteiger charge is 2.11. The van der Waals surface area contributed by atoms with Crippen molar-refractivity contribution in [3.63, 3.8) is 0 Å². The van der Waals surface area contributed by atoms with Gasteiger partial charge < -0.3 is 9.30 Å². The van der Waals surface area contributed by atoms with Crippen molar-refractivity contribution in [3.8, 4) is 5.75 Å². The fourth-order valence-electron chi connectivity index (χ4n) is 3.84. The molecular weight excluding hydrogens is 368 g/mol. The van der Waals surface area contributed by atoms with Gasteiger partial charge in [-0.25, -0.2) is 4.98 Å². The van der Waals surface area contributed by atoms with Gasteiger partial charge in [0.1, 0.15) is 11.6 Å². The second-order valence-electron chi connectivity index (χ2n) is 7.46. The highest BCUT2D eigenvalue weighted by molar-refractivity contribution is 5.75. The van der Waals surface area contributed by atoms with Crippen LogP contribution in [0.1, 0.15) is 23.4 Å². The maximum atomic E-state index is 6.09. The molecule has 0 saturated carbocycles. The number of imidazole rings is 1. The van der Waals surface area contributed by atoms with Crippen LogP contribution < -0.4 is 4.74 Å². The Morgan fingerprint density at radius 3 is 2.50 bits per heavy atom. The van der Waals surface area contributed by atoms with E-state index in [1.54, 1.807) is 0 Å². The van der Waals surface area contributed by atoms with Crippen molar-refractivity contribution in [1.29, 1.82) is 0 Å². The van der Waals surface area contributed by atoms with Gasteiger partial charge in [0.15, 0.2) is 0 Å². The van der Waals surface area contributed by atoms with Gasteiger partial charge in [-0.05, 0) is 48.6 Å². The van der Waals surface area contributed by atoms with Crippen molar-refractivity contribution in [1.82, 2.24) is 9.55 Å². The van der Waals surface area contributed by atoms with E-state index in [4.69, 9.17) is 9.72 Å². The van der Waals surface area contributed by atoms with Crippen LogP contribution in [0.2, 0.25) is 0 Å². The fraction of sp³-hybridized carbons (Fsp3) is 0.222.